The second-order valence-electron chi connectivity index (χ2n) is 14.8. The van der Waals surface area contributed by atoms with E-state index in [9.17, 15) is 0 Å². The van der Waals surface area contributed by atoms with E-state index in [1.807, 2.05) is 18.2 Å². The topological polar surface area (TPSA) is 34.5 Å². The van der Waals surface area contributed by atoms with Crippen molar-refractivity contribution in [2.45, 2.75) is 0 Å². The molecule has 12 aromatic rings. The Kier molecular flexibility index (Phi) is 7.20. The molecule has 3 heterocycles. The van der Waals surface area contributed by atoms with Gasteiger partial charge in [-0.25, -0.2) is 0 Å². The highest BCUT2D eigenvalue weighted by atomic mass is 16.3. The largest absolute Gasteiger partial charge is 0.455 e. The molecule has 272 valence electrons. The van der Waals surface area contributed by atoms with Crippen molar-refractivity contribution in [3.8, 4) is 27.9 Å². The number of rotatable bonds is 6. The molecule has 0 fully saturated rings. The predicted molar refractivity (Wildman–Crippen MR) is 241 cm³/mol. The van der Waals surface area contributed by atoms with Crippen LogP contribution in [0.4, 0.5) is 17.1 Å². The third kappa shape index (κ3) is 4.88. The fourth-order valence-corrected chi connectivity index (χ4v) is 9.07. The van der Waals surface area contributed by atoms with Crippen molar-refractivity contribution in [2.24, 2.45) is 0 Å². The second kappa shape index (κ2) is 12.9. The Morgan fingerprint density at radius 2 is 0.914 bits per heavy atom. The second-order valence-corrected chi connectivity index (χ2v) is 14.8. The van der Waals surface area contributed by atoms with Crippen molar-refractivity contribution in [3.63, 3.8) is 0 Å². The molecule has 0 atom stereocenters. The van der Waals surface area contributed by atoms with Crippen molar-refractivity contribution in [2.75, 3.05) is 4.90 Å². The normalized spacial score (nSPS) is 11.8. The average molecular weight is 743 g/mol. The lowest BCUT2D eigenvalue weighted by Crippen LogP contribution is -2.12. The molecule has 0 bridgehead atoms. The average Bonchev–Trinajstić information content (AvgIpc) is 3.98. The van der Waals surface area contributed by atoms with Crippen LogP contribution in [0.25, 0.3) is 93.6 Å². The Hall–Kier alpha value is -7.82. The van der Waals surface area contributed by atoms with E-state index in [-0.39, 0.29) is 0 Å². The van der Waals surface area contributed by atoms with Crippen LogP contribution in [0, 0.1) is 0 Å². The summed E-state index contributed by atoms with van der Waals surface area (Å²) in [7, 11) is 0. The quantitative estimate of drug-likeness (QED) is 0.170. The number of nitrogens with zero attached hydrogens (tertiary/aromatic N) is 2. The highest BCUT2D eigenvalue weighted by molar-refractivity contribution is 6.19. The van der Waals surface area contributed by atoms with Crippen molar-refractivity contribution < 1.29 is 8.83 Å². The summed E-state index contributed by atoms with van der Waals surface area (Å²) in [5, 5.41) is 6.72. The summed E-state index contributed by atoms with van der Waals surface area (Å²) in [5.41, 5.74) is 14.1. The van der Waals surface area contributed by atoms with Gasteiger partial charge in [-0.1, -0.05) is 146 Å². The van der Waals surface area contributed by atoms with E-state index in [4.69, 9.17) is 8.83 Å². The molecule has 0 radical (unpaired) electrons. The Morgan fingerprint density at radius 3 is 1.71 bits per heavy atom. The Balaban J connectivity index is 1.14. The van der Waals surface area contributed by atoms with Crippen molar-refractivity contribution in [3.05, 3.63) is 206 Å². The third-order valence-electron chi connectivity index (χ3n) is 11.6. The standard InChI is InChI=1S/C54H34N2O2/c1-2-16-35(17-3-1)38-20-4-9-26-45(38)56(49-29-15-25-43-42-23-7-12-30-50(42)57-53(43)49)48-33-32-39(54-52(48)44-24-8-13-31-51(44)58-54)36-18-14-19-37(34-36)55-46-27-10-5-21-40(46)41-22-6-11-28-47(41)55/h1-34H. The van der Waals surface area contributed by atoms with Gasteiger partial charge < -0.3 is 18.3 Å². The summed E-state index contributed by atoms with van der Waals surface area (Å²) in [6, 6.07) is 73.0. The van der Waals surface area contributed by atoms with Gasteiger partial charge in [-0.15, -0.1) is 0 Å². The maximum atomic E-state index is 6.97. The van der Waals surface area contributed by atoms with Crippen LogP contribution >= 0.6 is 0 Å². The Morgan fingerprint density at radius 1 is 0.345 bits per heavy atom. The van der Waals surface area contributed by atoms with Crippen LogP contribution in [-0.2, 0) is 0 Å². The maximum absolute atomic E-state index is 6.97. The minimum absolute atomic E-state index is 0.829. The van der Waals surface area contributed by atoms with Crippen molar-refractivity contribution >= 4 is 82.7 Å². The first-order chi connectivity index (χ1) is 28.8. The van der Waals surface area contributed by atoms with E-state index in [0.29, 0.717) is 0 Å². The molecule has 0 aliphatic rings. The van der Waals surface area contributed by atoms with Gasteiger partial charge in [0.1, 0.15) is 16.7 Å². The van der Waals surface area contributed by atoms with E-state index in [2.05, 4.69) is 198 Å². The molecular weight excluding hydrogens is 709 g/mol. The van der Waals surface area contributed by atoms with Crippen LogP contribution in [0.5, 0.6) is 0 Å². The summed E-state index contributed by atoms with van der Waals surface area (Å²) >= 11 is 0. The molecule has 0 aliphatic carbocycles. The van der Waals surface area contributed by atoms with Gasteiger partial charge in [0, 0.05) is 43.7 Å². The van der Waals surface area contributed by atoms with Gasteiger partial charge in [0.25, 0.3) is 0 Å². The minimum atomic E-state index is 0.829. The van der Waals surface area contributed by atoms with Gasteiger partial charge >= 0.3 is 0 Å². The van der Waals surface area contributed by atoms with Gasteiger partial charge in [-0.2, -0.15) is 0 Å². The lowest BCUT2D eigenvalue weighted by atomic mass is 9.97. The maximum Gasteiger partial charge on any atom is 0.159 e. The number of fused-ring (bicyclic) bond motifs is 9. The highest BCUT2D eigenvalue weighted by Gasteiger charge is 2.26. The predicted octanol–water partition coefficient (Wildman–Crippen LogP) is 15.4. The van der Waals surface area contributed by atoms with Crippen LogP contribution in [0.3, 0.4) is 0 Å². The monoisotopic (exact) mass is 742 g/mol. The SMILES string of the molecule is c1ccc(-c2ccccc2N(c2cccc3c2oc2ccccc23)c2ccc(-c3cccc(-n4c5ccccc5c5ccccc54)c3)c3oc4ccccc4c23)cc1. The van der Waals surface area contributed by atoms with Gasteiger partial charge in [0.05, 0.1) is 33.5 Å². The van der Waals surface area contributed by atoms with Crippen LogP contribution in [0.15, 0.2) is 215 Å². The van der Waals surface area contributed by atoms with Gasteiger partial charge in [-0.05, 0) is 71.8 Å². The van der Waals surface area contributed by atoms with E-state index in [0.717, 1.165) is 88.9 Å². The number of hydrogen-bond acceptors (Lipinski definition) is 3. The number of hydrogen-bond donors (Lipinski definition) is 0. The molecule has 4 heteroatoms. The number of anilines is 3. The van der Waals surface area contributed by atoms with E-state index >= 15 is 0 Å². The molecule has 9 aromatic carbocycles. The Labute approximate surface area is 334 Å². The molecule has 4 nitrogen and oxygen atoms in total. The summed E-state index contributed by atoms with van der Waals surface area (Å²) in [6.07, 6.45) is 0. The molecule has 0 saturated heterocycles. The van der Waals surface area contributed by atoms with Crippen LogP contribution in [0.1, 0.15) is 0 Å². The zero-order valence-corrected chi connectivity index (χ0v) is 31.3. The molecule has 0 unspecified atom stereocenters. The number of furan rings is 2. The molecular formula is C54H34N2O2. The fourth-order valence-electron chi connectivity index (χ4n) is 9.07. The van der Waals surface area contributed by atoms with Crippen LogP contribution in [0.2, 0.25) is 0 Å². The number of benzene rings is 9. The first-order valence-electron chi connectivity index (χ1n) is 19.7. The van der Waals surface area contributed by atoms with Gasteiger partial charge in [-0.3, -0.25) is 0 Å². The smallest absolute Gasteiger partial charge is 0.159 e. The van der Waals surface area contributed by atoms with Crippen LogP contribution < -0.4 is 4.90 Å². The fraction of sp³-hybridized carbons (Fsp3) is 0. The molecule has 0 amide bonds. The number of para-hydroxylation sites is 6. The zero-order chi connectivity index (χ0) is 38.2. The van der Waals surface area contributed by atoms with Crippen molar-refractivity contribution in [1.82, 2.24) is 4.57 Å². The van der Waals surface area contributed by atoms with E-state index in [1.165, 1.54) is 21.8 Å². The molecule has 0 aliphatic heterocycles. The summed E-state index contributed by atoms with van der Waals surface area (Å²) in [4.78, 5) is 2.37. The zero-order valence-electron chi connectivity index (χ0n) is 31.3. The summed E-state index contributed by atoms with van der Waals surface area (Å²) < 4.78 is 16.1. The summed E-state index contributed by atoms with van der Waals surface area (Å²) in [5.74, 6) is 0. The number of aromatic nitrogens is 1. The highest BCUT2D eigenvalue weighted by Crippen LogP contribution is 2.50. The molecule has 0 N–H and O–H groups in total. The lowest BCUT2D eigenvalue weighted by Gasteiger charge is -2.29. The minimum Gasteiger partial charge on any atom is -0.455 e. The van der Waals surface area contributed by atoms with Crippen molar-refractivity contribution in [1.29, 1.82) is 0 Å². The first kappa shape index (κ1) is 32.4. The molecule has 0 saturated carbocycles. The van der Waals surface area contributed by atoms with E-state index in [1.54, 1.807) is 0 Å². The van der Waals surface area contributed by atoms with E-state index < -0.39 is 0 Å². The van der Waals surface area contributed by atoms with Crippen LogP contribution in [-0.4, -0.2) is 4.57 Å². The molecule has 12 rings (SSSR count). The Bertz CT molecular complexity index is 3480. The molecule has 3 aromatic heterocycles. The molecule has 58 heavy (non-hydrogen) atoms. The van der Waals surface area contributed by atoms with Gasteiger partial charge in [0.15, 0.2) is 5.58 Å². The first-order valence-corrected chi connectivity index (χ1v) is 19.7. The third-order valence-corrected chi connectivity index (χ3v) is 11.6. The summed E-state index contributed by atoms with van der Waals surface area (Å²) in [6.45, 7) is 0. The molecule has 0 spiro atoms. The van der Waals surface area contributed by atoms with Gasteiger partial charge in [0.2, 0.25) is 0 Å². The lowest BCUT2D eigenvalue weighted by molar-refractivity contribution is 0.668.